The maximum atomic E-state index is 6.46. The van der Waals surface area contributed by atoms with E-state index in [2.05, 4.69) is 200 Å². The molecule has 1 aliphatic rings. The summed E-state index contributed by atoms with van der Waals surface area (Å²) in [5.41, 5.74) is 23.6. The number of allylic oxidation sites excluding steroid dienone is 4. The first-order valence-corrected chi connectivity index (χ1v) is 23.8. The van der Waals surface area contributed by atoms with Gasteiger partial charge in [-0.15, -0.1) is 0 Å². The molecule has 3 aromatic rings. The van der Waals surface area contributed by atoms with Gasteiger partial charge in [-0.05, 0) is 125 Å². The van der Waals surface area contributed by atoms with Crippen LogP contribution in [0.1, 0.15) is 192 Å². The molecule has 0 saturated carbocycles. The highest BCUT2D eigenvalue weighted by atomic mass is 15.5. The highest BCUT2D eigenvalue weighted by Gasteiger charge is 2.34. The second-order valence-corrected chi connectivity index (χ2v) is 18.1. The summed E-state index contributed by atoms with van der Waals surface area (Å²) in [6, 6.07) is 18.4. The number of hydrogen-bond donors (Lipinski definition) is 3. The fourth-order valence-electron chi connectivity index (χ4n) is 5.90. The van der Waals surface area contributed by atoms with E-state index in [9.17, 15) is 0 Å². The second kappa shape index (κ2) is 30.6. The number of hydrogen-bond acceptors (Lipinski definition) is 4. The Labute approximate surface area is 375 Å². The number of rotatable bonds is 10. The van der Waals surface area contributed by atoms with Crippen molar-refractivity contribution in [2.24, 2.45) is 23.0 Å². The Morgan fingerprint density at radius 3 is 1.58 bits per heavy atom. The molecule has 0 bridgehead atoms. The molecule has 4 heteroatoms. The molecule has 4 rings (SSSR count). The van der Waals surface area contributed by atoms with E-state index < -0.39 is 0 Å². The van der Waals surface area contributed by atoms with Crippen molar-refractivity contribution in [1.29, 1.82) is 0 Å². The van der Waals surface area contributed by atoms with E-state index in [1.165, 1.54) is 56.5 Å². The zero-order chi connectivity index (χ0) is 47.6. The third kappa shape index (κ3) is 21.4. The van der Waals surface area contributed by atoms with Crippen molar-refractivity contribution in [3.05, 3.63) is 100 Å². The molecule has 344 valence electrons. The summed E-state index contributed by atoms with van der Waals surface area (Å²) < 4.78 is 0. The zero-order valence-electron chi connectivity index (χ0n) is 44.4. The van der Waals surface area contributed by atoms with Crippen LogP contribution in [0.25, 0.3) is 16.7 Å². The van der Waals surface area contributed by atoms with Crippen LogP contribution in [0.15, 0.2) is 66.8 Å². The van der Waals surface area contributed by atoms with Crippen LogP contribution in [0.2, 0.25) is 0 Å². The lowest BCUT2D eigenvalue weighted by Gasteiger charge is -2.43. The Hall–Kier alpha value is -3.34. The molecule has 0 saturated heterocycles. The molecular weight excluding hydrogens is 729 g/mol. The van der Waals surface area contributed by atoms with Crippen LogP contribution in [0.5, 0.6) is 0 Å². The Morgan fingerprint density at radius 1 is 0.683 bits per heavy atom. The average Bonchev–Trinajstić information content (AvgIpc) is 3.17. The van der Waals surface area contributed by atoms with Gasteiger partial charge in [-0.3, -0.25) is 0 Å². The predicted octanol–water partition coefficient (Wildman–Crippen LogP) is 17.6. The van der Waals surface area contributed by atoms with Crippen LogP contribution in [0, 0.1) is 44.9 Å². The number of nitrogens with two attached hydrogens (primary N) is 1. The molecule has 0 fully saturated rings. The second-order valence-electron chi connectivity index (χ2n) is 18.1. The molecule has 0 amide bonds. The van der Waals surface area contributed by atoms with Gasteiger partial charge in [-0.2, -0.15) is 0 Å². The van der Waals surface area contributed by atoms with Gasteiger partial charge in [0.05, 0.1) is 11.4 Å². The molecular formula is C56H100N4. The summed E-state index contributed by atoms with van der Waals surface area (Å²) >= 11 is 0. The fraction of sp³-hybridized carbons (Fsp3) is 0.607. The van der Waals surface area contributed by atoms with Crippen LogP contribution in [0.3, 0.4) is 0 Å². The van der Waals surface area contributed by atoms with Gasteiger partial charge in [-0.25, -0.2) is 5.01 Å². The molecule has 0 heterocycles. The molecule has 3 aromatic carbocycles. The molecule has 1 aliphatic carbocycles. The van der Waals surface area contributed by atoms with Crippen molar-refractivity contribution >= 4 is 16.9 Å². The van der Waals surface area contributed by atoms with Crippen molar-refractivity contribution in [1.82, 2.24) is 5.01 Å². The third-order valence-corrected chi connectivity index (χ3v) is 9.78. The molecule has 60 heavy (non-hydrogen) atoms. The van der Waals surface area contributed by atoms with Gasteiger partial charge < -0.3 is 16.5 Å². The Bertz CT molecular complexity index is 1630. The monoisotopic (exact) mass is 829 g/mol. The Morgan fingerprint density at radius 2 is 1.13 bits per heavy atom. The first kappa shape index (κ1) is 61.0. The minimum absolute atomic E-state index is 0.0305. The van der Waals surface area contributed by atoms with Crippen molar-refractivity contribution in [3.8, 4) is 11.1 Å². The number of benzene rings is 3. The van der Waals surface area contributed by atoms with Gasteiger partial charge in [0.25, 0.3) is 0 Å². The van der Waals surface area contributed by atoms with Crippen molar-refractivity contribution < 1.29 is 0 Å². The van der Waals surface area contributed by atoms with E-state index in [4.69, 9.17) is 5.73 Å². The van der Waals surface area contributed by atoms with Crippen LogP contribution in [-0.2, 0) is 6.54 Å². The van der Waals surface area contributed by atoms with E-state index in [1.807, 2.05) is 55.4 Å². The average molecular weight is 829 g/mol. The van der Waals surface area contributed by atoms with Crippen LogP contribution < -0.4 is 16.5 Å². The smallest absolute Gasteiger partial charge is 0.0752 e. The summed E-state index contributed by atoms with van der Waals surface area (Å²) in [6.07, 6.45) is 9.21. The van der Waals surface area contributed by atoms with Gasteiger partial charge in [-0.1, -0.05) is 195 Å². The van der Waals surface area contributed by atoms with Gasteiger partial charge >= 0.3 is 0 Å². The largest absolute Gasteiger partial charge is 0.378 e. The summed E-state index contributed by atoms with van der Waals surface area (Å²) in [7, 11) is 0. The number of hydrazine groups is 1. The first-order valence-electron chi connectivity index (χ1n) is 23.8. The highest BCUT2D eigenvalue weighted by Crippen LogP contribution is 2.40. The maximum absolute atomic E-state index is 6.46. The molecule has 0 spiro atoms. The van der Waals surface area contributed by atoms with E-state index >= 15 is 0 Å². The SMILES string of the molecule is CC.CC.CC.CC.CC(C)C.CCC.Cc1cc(CN(Nc2c(C)cc(-c3cc(C)cc(C)c3)cc2NC(C)(C)C(C)(C)C)C(C)(C)CN)cc(C2=CC(C)C=CC2)c1. The van der Waals surface area contributed by atoms with Crippen LogP contribution in [0.4, 0.5) is 11.4 Å². The number of nitrogens with zero attached hydrogens (tertiary/aromatic N) is 1. The van der Waals surface area contributed by atoms with Crippen LogP contribution >= 0.6 is 0 Å². The van der Waals surface area contributed by atoms with Gasteiger partial charge in [0.15, 0.2) is 0 Å². The molecule has 4 nitrogen and oxygen atoms in total. The first-order chi connectivity index (χ1) is 28.0. The third-order valence-electron chi connectivity index (χ3n) is 9.78. The van der Waals surface area contributed by atoms with Gasteiger partial charge in [0.2, 0.25) is 0 Å². The lowest BCUT2D eigenvalue weighted by molar-refractivity contribution is 0.153. The topological polar surface area (TPSA) is 53.3 Å². The Balaban J connectivity index is -0.00000191. The molecule has 0 aliphatic heterocycles. The lowest BCUT2D eigenvalue weighted by Crippen LogP contribution is -2.52. The highest BCUT2D eigenvalue weighted by molar-refractivity contribution is 5.81. The summed E-state index contributed by atoms with van der Waals surface area (Å²) in [5.74, 6) is 1.30. The Kier molecular flexibility index (Phi) is 31.1. The fourth-order valence-corrected chi connectivity index (χ4v) is 5.90. The molecule has 0 aromatic heterocycles. The van der Waals surface area contributed by atoms with Crippen molar-refractivity contribution in [2.75, 3.05) is 17.3 Å². The number of anilines is 2. The molecule has 4 N–H and O–H groups in total. The van der Waals surface area contributed by atoms with E-state index in [0.717, 1.165) is 30.3 Å². The van der Waals surface area contributed by atoms with Crippen LogP contribution in [-0.4, -0.2) is 22.6 Å². The van der Waals surface area contributed by atoms with E-state index in [0.29, 0.717) is 12.5 Å². The van der Waals surface area contributed by atoms with Gasteiger partial charge in [0, 0.05) is 24.2 Å². The van der Waals surface area contributed by atoms with Crippen molar-refractivity contribution in [3.63, 3.8) is 0 Å². The van der Waals surface area contributed by atoms with Gasteiger partial charge in [0.1, 0.15) is 0 Å². The zero-order valence-corrected chi connectivity index (χ0v) is 44.4. The van der Waals surface area contributed by atoms with E-state index in [1.54, 1.807) is 0 Å². The number of nitrogens with one attached hydrogen (secondary N) is 2. The summed E-state index contributed by atoms with van der Waals surface area (Å²) in [6.45, 7) is 54.9. The van der Waals surface area contributed by atoms with E-state index in [-0.39, 0.29) is 16.5 Å². The number of aryl methyl sites for hydroxylation is 4. The molecule has 1 atom stereocenters. The predicted molar refractivity (Wildman–Crippen MR) is 279 cm³/mol. The standard InChI is InChI=1S/C41H58N4.C4H10.C3H8.4C2H6/c1-27-14-13-15-33(18-27)35-21-30(4)17-32(23-35)25-45(40(9,10)26-42)44-38-31(5)22-36(34-19-28(2)16-29(3)20-34)24-37(38)43-41(11,12)39(6,7)8;1-4(2)3;1-3-2;4*1-2/h13-14,16-24,27,43-44H,15,25-26,42H2,1-12H3;4H,1-3H3;3H2,1-2H3;4*1-2H3. The van der Waals surface area contributed by atoms with Crippen molar-refractivity contribution in [2.45, 2.75) is 204 Å². The lowest BCUT2D eigenvalue weighted by atomic mass is 9.76. The normalized spacial score (nSPS) is 13.1. The molecule has 1 unspecified atom stereocenters. The molecule has 0 radical (unpaired) electrons. The maximum Gasteiger partial charge on any atom is 0.0752 e. The summed E-state index contributed by atoms with van der Waals surface area (Å²) in [4.78, 5) is 0. The minimum atomic E-state index is -0.305. The quantitative estimate of drug-likeness (QED) is 0.141. The minimum Gasteiger partial charge on any atom is -0.378 e. The summed E-state index contributed by atoms with van der Waals surface area (Å²) in [5, 5.41) is 6.31.